The van der Waals surface area contributed by atoms with Gasteiger partial charge in [0.05, 0.1) is 13.0 Å². The van der Waals surface area contributed by atoms with E-state index in [0.29, 0.717) is 12.0 Å². The number of halogens is 1. The lowest BCUT2D eigenvalue weighted by atomic mass is 10.0. The highest BCUT2D eigenvalue weighted by atomic mass is 19.1. The van der Waals surface area contributed by atoms with Crippen molar-refractivity contribution in [3.63, 3.8) is 0 Å². The molecule has 0 spiro atoms. The first-order valence-corrected chi connectivity index (χ1v) is 5.54. The average Bonchev–Trinajstić information content (AvgIpc) is 2.34. The van der Waals surface area contributed by atoms with Crippen molar-refractivity contribution in [3.05, 3.63) is 47.8 Å². The summed E-state index contributed by atoms with van der Waals surface area (Å²) in [6.07, 6.45) is 0.175. The van der Waals surface area contributed by atoms with Crippen molar-refractivity contribution in [2.24, 2.45) is 0 Å². The normalized spacial score (nSPS) is 10.5. The molecule has 3 heteroatoms. The zero-order chi connectivity index (χ0) is 12.3. The number of ether oxygens (including phenoxy) is 1. The van der Waals surface area contributed by atoms with Crippen molar-refractivity contribution < 1.29 is 13.9 Å². The number of carbonyl (C=O) groups is 1. The van der Waals surface area contributed by atoms with Crippen LogP contribution in [-0.2, 0) is 16.0 Å². The maximum atomic E-state index is 13.5. The summed E-state index contributed by atoms with van der Waals surface area (Å²) in [4.78, 5) is 11.4. The fraction of sp³-hybridized carbons (Fsp3) is 0.214. The quantitative estimate of drug-likeness (QED) is 0.760. The summed E-state index contributed by atoms with van der Waals surface area (Å²) in [6, 6.07) is 10.1. The first-order valence-electron chi connectivity index (χ1n) is 5.54. The molecule has 0 saturated heterocycles. The Bertz CT molecular complexity index is 549. The van der Waals surface area contributed by atoms with Gasteiger partial charge in [-0.05, 0) is 23.9 Å². The fourth-order valence-corrected chi connectivity index (χ4v) is 1.85. The molecule has 0 aromatic heterocycles. The van der Waals surface area contributed by atoms with Crippen LogP contribution in [0.1, 0.15) is 12.5 Å². The van der Waals surface area contributed by atoms with Crippen molar-refractivity contribution >= 4 is 16.7 Å². The van der Waals surface area contributed by atoms with Gasteiger partial charge in [-0.25, -0.2) is 4.39 Å². The lowest BCUT2D eigenvalue weighted by Gasteiger charge is -2.07. The summed E-state index contributed by atoms with van der Waals surface area (Å²) in [5, 5.41) is 1.30. The number of hydrogen-bond donors (Lipinski definition) is 0. The van der Waals surface area contributed by atoms with Crippen LogP contribution in [0, 0.1) is 5.82 Å². The Hall–Kier alpha value is -1.90. The van der Waals surface area contributed by atoms with E-state index in [1.807, 2.05) is 12.1 Å². The van der Waals surface area contributed by atoms with E-state index in [1.165, 1.54) is 6.07 Å². The Morgan fingerprint density at radius 3 is 2.59 bits per heavy atom. The second-order valence-electron chi connectivity index (χ2n) is 3.73. The van der Waals surface area contributed by atoms with Gasteiger partial charge in [-0.2, -0.15) is 0 Å². The summed E-state index contributed by atoms with van der Waals surface area (Å²) in [5.41, 5.74) is 0.792. The molecule has 0 aliphatic rings. The molecule has 17 heavy (non-hydrogen) atoms. The van der Waals surface area contributed by atoms with E-state index >= 15 is 0 Å². The first-order chi connectivity index (χ1) is 8.22. The molecule has 0 saturated carbocycles. The second kappa shape index (κ2) is 4.95. The van der Waals surface area contributed by atoms with Crippen molar-refractivity contribution in [1.29, 1.82) is 0 Å². The molecule has 2 aromatic rings. The third kappa shape index (κ3) is 2.44. The summed E-state index contributed by atoms with van der Waals surface area (Å²) in [7, 11) is 0. The predicted octanol–water partition coefficient (Wildman–Crippen LogP) is 3.08. The molecular weight excluding hydrogens is 219 g/mol. The minimum Gasteiger partial charge on any atom is -0.466 e. The molecule has 0 heterocycles. The van der Waals surface area contributed by atoms with Crippen molar-refractivity contribution in [3.8, 4) is 0 Å². The monoisotopic (exact) mass is 232 g/mol. The van der Waals surface area contributed by atoms with Crippen LogP contribution in [0.3, 0.4) is 0 Å². The van der Waals surface area contributed by atoms with Crippen LogP contribution in [0.4, 0.5) is 4.39 Å². The first kappa shape index (κ1) is 11.6. The van der Waals surface area contributed by atoms with Crippen LogP contribution < -0.4 is 0 Å². The minimum absolute atomic E-state index is 0.175. The highest BCUT2D eigenvalue weighted by Crippen LogP contribution is 2.22. The van der Waals surface area contributed by atoms with Crippen LogP contribution in [0.15, 0.2) is 36.4 Å². The largest absolute Gasteiger partial charge is 0.466 e. The van der Waals surface area contributed by atoms with Crippen molar-refractivity contribution in [2.75, 3.05) is 6.61 Å². The molecular formula is C14H13FO2. The van der Waals surface area contributed by atoms with Crippen LogP contribution in [0.2, 0.25) is 0 Å². The summed E-state index contributed by atoms with van der Waals surface area (Å²) in [6.45, 7) is 2.12. The van der Waals surface area contributed by atoms with Gasteiger partial charge >= 0.3 is 5.97 Å². The highest BCUT2D eigenvalue weighted by molar-refractivity contribution is 5.89. The Balaban J connectivity index is 2.41. The van der Waals surface area contributed by atoms with Crippen molar-refractivity contribution in [2.45, 2.75) is 13.3 Å². The van der Waals surface area contributed by atoms with Crippen LogP contribution in [0.25, 0.3) is 10.8 Å². The van der Waals surface area contributed by atoms with Gasteiger partial charge in [0.2, 0.25) is 0 Å². The zero-order valence-electron chi connectivity index (χ0n) is 9.57. The number of fused-ring (bicyclic) bond motifs is 1. The van der Waals surface area contributed by atoms with Gasteiger partial charge in [0, 0.05) is 5.39 Å². The number of carbonyl (C=O) groups excluding carboxylic acids is 1. The number of esters is 1. The lowest BCUT2D eigenvalue weighted by Crippen LogP contribution is -2.07. The molecule has 0 radical (unpaired) electrons. The zero-order valence-corrected chi connectivity index (χ0v) is 9.57. The van der Waals surface area contributed by atoms with E-state index in [9.17, 15) is 9.18 Å². The molecule has 0 bridgehead atoms. The Morgan fingerprint density at radius 1 is 1.18 bits per heavy atom. The predicted molar refractivity (Wildman–Crippen MR) is 64.2 cm³/mol. The Morgan fingerprint density at radius 2 is 1.88 bits per heavy atom. The molecule has 2 nitrogen and oxygen atoms in total. The average molecular weight is 232 g/mol. The maximum Gasteiger partial charge on any atom is 0.310 e. The minimum atomic E-state index is -0.288. The fourth-order valence-electron chi connectivity index (χ4n) is 1.85. The summed E-state index contributed by atoms with van der Waals surface area (Å²) >= 11 is 0. The molecule has 88 valence electrons. The number of hydrogen-bond acceptors (Lipinski definition) is 2. The lowest BCUT2D eigenvalue weighted by molar-refractivity contribution is -0.142. The van der Waals surface area contributed by atoms with Gasteiger partial charge in [-0.3, -0.25) is 4.79 Å². The SMILES string of the molecule is CCOC(=O)Cc1ccc(F)c2ccccc12. The third-order valence-corrected chi connectivity index (χ3v) is 2.60. The van der Waals surface area contributed by atoms with E-state index < -0.39 is 0 Å². The third-order valence-electron chi connectivity index (χ3n) is 2.60. The standard InChI is InChI=1S/C14H13FO2/c1-2-17-14(16)9-10-7-8-13(15)12-6-4-3-5-11(10)12/h3-8H,2,9H2,1H3. The number of benzene rings is 2. The second-order valence-corrected chi connectivity index (χ2v) is 3.73. The van der Waals surface area contributed by atoms with E-state index in [-0.39, 0.29) is 18.2 Å². The summed E-state index contributed by atoms with van der Waals surface area (Å²) < 4.78 is 18.4. The van der Waals surface area contributed by atoms with Gasteiger partial charge in [0.15, 0.2) is 0 Å². The van der Waals surface area contributed by atoms with Gasteiger partial charge in [0.1, 0.15) is 5.82 Å². The van der Waals surface area contributed by atoms with Gasteiger partial charge in [-0.1, -0.05) is 30.3 Å². The van der Waals surface area contributed by atoms with Gasteiger partial charge < -0.3 is 4.74 Å². The topological polar surface area (TPSA) is 26.3 Å². The molecule has 0 aliphatic heterocycles. The molecule has 0 unspecified atom stereocenters. The molecule has 0 aliphatic carbocycles. The maximum absolute atomic E-state index is 13.5. The van der Waals surface area contributed by atoms with Gasteiger partial charge in [0.25, 0.3) is 0 Å². The molecule has 0 atom stereocenters. The van der Waals surface area contributed by atoms with E-state index in [0.717, 1.165) is 10.9 Å². The Labute approximate surface area is 99.0 Å². The van der Waals surface area contributed by atoms with Gasteiger partial charge in [-0.15, -0.1) is 0 Å². The Kier molecular flexibility index (Phi) is 3.38. The van der Waals surface area contributed by atoms with Crippen LogP contribution >= 0.6 is 0 Å². The molecule has 0 amide bonds. The molecule has 0 N–H and O–H groups in total. The molecule has 2 rings (SSSR count). The molecule has 0 fully saturated rings. The van der Waals surface area contributed by atoms with Crippen LogP contribution in [-0.4, -0.2) is 12.6 Å². The summed E-state index contributed by atoms with van der Waals surface area (Å²) in [5.74, 6) is -0.558. The molecule has 2 aromatic carbocycles. The highest BCUT2D eigenvalue weighted by Gasteiger charge is 2.09. The van der Waals surface area contributed by atoms with Crippen LogP contribution in [0.5, 0.6) is 0 Å². The number of rotatable bonds is 3. The van der Waals surface area contributed by atoms with Crippen molar-refractivity contribution in [1.82, 2.24) is 0 Å². The van der Waals surface area contributed by atoms with E-state index in [1.54, 1.807) is 25.1 Å². The van der Waals surface area contributed by atoms with E-state index in [2.05, 4.69) is 0 Å². The van der Waals surface area contributed by atoms with E-state index in [4.69, 9.17) is 4.74 Å². The smallest absolute Gasteiger partial charge is 0.310 e.